The third-order valence-electron chi connectivity index (χ3n) is 4.25. The van der Waals surface area contributed by atoms with Gasteiger partial charge in [0.1, 0.15) is 17.2 Å². The van der Waals surface area contributed by atoms with Crippen LogP contribution in [-0.2, 0) is 21.6 Å². The van der Waals surface area contributed by atoms with Crippen molar-refractivity contribution in [2.45, 2.75) is 18.4 Å². The molecule has 3 N–H and O–H groups in total. The summed E-state index contributed by atoms with van der Waals surface area (Å²) in [6.45, 7) is -0.151. The first-order chi connectivity index (χ1) is 11.9. The number of anilines is 1. The number of benzene rings is 2. The van der Waals surface area contributed by atoms with Gasteiger partial charge in [-0.15, -0.1) is 0 Å². The lowest BCUT2D eigenvalue weighted by Gasteiger charge is -2.24. The highest BCUT2D eigenvalue weighted by atomic mass is 19.1. The van der Waals surface area contributed by atoms with E-state index in [1.807, 2.05) is 17.4 Å². The molecule has 1 unspecified atom stereocenters. The van der Waals surface area contributed by atoms with Crippen LogP contribution in [0.1, 0.15) is 17.5 Å². The first kappa shape index (κ1) is 17.0. The lowest BCUT2D eigenvalue weighted by atomic mass is 9.96. The molecule has 25 heavy (non-hydrogen) atoms. The zero-order valence-corrected chi connectivity index (χ0v) is 13.2. The molecule has 130 valence electrons. The van der Waals surface area contributed by atoms with Crippen molar-refractivity contribution in [3.05, 3.63) is 65.2 Å². The molecule has 2 aromatic rings. The fourth-order valence-electron chi connectivity index (χ4n) is 2.93. The maximum Gasteiger partial charge on any atom is 0.313 e. The number of hydrogen-bond acceptors (Lipinski definition) is 3. The number of halogens is 2. The van der Waals surface area contributed by atoms with Gasteiger partial charge in [-0.1, -0.05) is 24.3 Å². The molecule has 0 heterocycles. The van der Waals surface area contributed by atoms with E-state index in [1.54, 1.807) is 12.1 Å². The Balaban J connectivity index is 1.63. The van der Waals surface area contributed by atoms with Crippen LogP contribution in [0.3, 0.4) is 0 Å². The Morgan fingerprint density at radius 1 is 1.12 bits per heavy atom. The van der Waals surface area contributed by atoms with Gasteiger partial charge in [0.2, 0.25) is 0 Å². The van der Waals surface area contributed by atoms with Crippen molar-refractivity contribution in [3.63, 3.8) is 0 Å². The molecular weight excluding hydrogens is 330 g/mol. The molecule has 1 aliphatic carbocycles. The second kappa shape index (κ2) is 6.60. The maximum atomic E-state index is 13.5. The predicted molar refractivity (Wildman–Crippen MR) is 86.7 cm³/mol. The largest absolute Gasteiger partial charge is 0.383 e. The summed E-state index contributed by atoms with van der Waals surface area (Å²) in [7, 11) is 0. The van der Waals surface area contributed by atoms with Crippen molar-refractivity contribution in [1.82, 2.24) is 5.32 Å². The average molecular weight is 346 g/mol. The van der Waals surface area contributed by atoms with Crippen LogP contribution in [0.25, 0.3) is 0 Å². The number of rotatable bonds is 3. The molecule has 0 saturated carbocycles. The normalized spacial score (nSPS) is 18.5. The molecule has 0 saturated heterocycles. The molecule has 0 spiro atoms. The smallest absolute Gasteiger partial charge is 0.313 e. The first-order valence-corrected chi connectivity index (χ1v) is 7.74. The standard InChI is InChI=1S/C18H16F2N2O3/c19-12-5-6-14(20)15(9-12)22-17(24)16(23)21-10-18(25)8-7-11-3-1-2-4-13(11)18/h1-6,9,25H,7-8,10H2,(H,21,23)(H,22,24). The summed E-state index contributed by atoms with van der Waals surface area (Å²) in [6, 6.07) is 9.85. The number of fused-ring (bicyclic) bond motifs is 1. The zero-order chi connectivity index (χ0) is 18.0. The summed E-state index contributed by atoms with van der Waals surface area (Å²) >= 11 is 0. The second-order valence-electron chi connectivity index (χ2n) is 5.95. The maximum absolute atomic E-state index is 13.5. The van der Waals surface area contributed by atoms with Crippen LogP contribution in [0.2, 0.25) is 0 Å². The van der Waals surface area contributed by atoms with Crippen molar-refractivity contribution in [2.75, 3.05) is 11.9 Å². The molecule has 0 bridgehead atoms. The van der Waals surface area contributed by atoms with E-state index in [9.17, 15) is 23.5 Å². The molecule has 0 aliphatic heterocycles. The second-order valence-corrected chi connectivity index (χ2v) is 5.95. The summed E-state index contributed by atoms with van der Waals surface area (Å²) in [5, 5.41) is 15.0. The quantitative estimate of drug-likeness (QED) is 0.742. The minimum atomic E-state index is -1.25. The third kappa shape index (κ3) is 3.51. The Hall–Kier alpha value is -2.80. The Morgan fingerprint density at radius 2 is 1.88 bits per heavy atom. The number of carbonyl (C=O) groups excluding carboxylic acids is 2. The number of carbonyl (C=O) groups is 2. The predicted octanol–water partition coefficient (Wildman–Crippen LogP) is 1.85. The van der Waals surface area contributed by atoms with Gasteiger partial charge < -0.3 is 15.7 Å². The van der Waals surface area contributed by atoms with Gasteiger partial charge in [-0.05, 0) is 36.1 Å². The zero-order valence-electron chi connectivity index (χ0n) is 13.2. The van der Waals surface area contributed by atoms with Crippen LogP contribution in [0.15, 0.2) is 42.5 Å². The number of hydrogen-bond donors (Lipinski definition) is 3. The molecule has 5 nitrogen and oxygen atoms in total. The highest BCUT2D eigenvalue weighted by Gasteiger charge is 2.37. The van der Waals surface area contributed by atoms with Gasteiger partial charge in [0.05, 0.1) is 12.2 Å². The fourth-order valence-corrected chi connectivity index (χ4v) is 2.93. The van der Waals surface area contributed by atoms with E-state index in [4.69, 9.17) is 0 Å². The number of aryl methyl sites for hydroxylation is 1. The van der Waals surface area contributed by atoms with Gasteiger partial charge in [0, 0.05) is 6.07 Å². The van der Waals surface area contributed by atoms with Gasteiger partial charge in [-0.25, -0.2) is 8.78 Å². The summed E-state index contributed by atoms with van der Waals surface area (Å²) in [4.78, 5) is 23.7. The topological polar surface area (TPSA) is 78.4 Å². The molecular formula is C18H16F2N2O3. The third-order valence-corrected chi connectivity index (χ3v) is 4.25. The molecule has 0 aromatic heterocycles. The van der Waals surface area contributed by atoms with Gasteiger partial charge in [0.25, 0.3) is 0 Å². The van der Waals surface area contributed by atoms with Gasteiger partial charge in [-0.2, -0.15) is 0 Å². The molecule has 2 aromatic carbocycles. The van der Waals surface area contributed by atoms with E-state index in [-0.39, 0.29) is 6.54 Å². The van der Waals surface area contributed by atoms with Crippen molar-refractivity contribution < 1.29 is 23.5 Å². The summed E-state index contributed by atoms with van der Waals surface area (Å²) in [6.07, 6.45) is 1.09. The number of nitrogens with one attached hydrogen (secondary N) is 2. The summed E-state index contributed by atoms with van der Waals surface area (Å²) in [5.74, 6) is -3.78. The average Bonchev–Trinajstić information content (AvgIpc) is 2.94. The van der Waals surface area contributed by atoms with Crippen molar-refractivity contribution in [1.29, 1.82) is 0 Å². The van der Waals surface area contributed by atoms with Gasteiger partial charge in [0.15, 0.2) is 0 Å². The monoisotopic (exact) mass is 346 g/mol. The highest BCUT2D eigenvalue weighted by molar-refractivity contribution is 6.39. The molecule has 1 aliphatic rings. The highest BCUT2D eigenvalue weighted by Crippen LogP contribution is 2.36. The molecule has 3 rings (SSSR count). The Kier molecular flexibility index (Phi) is 4.50. The van der Waals surface area contributed by atoms with Crippen LogP contribution in [0.5, 0.6) is 0 Å². The summed E-state index contributed by atoms with van der Waals surface area (Å²) in [5.41, 5.74) is 0.0267. The van der Waals surface area contributed by atoms with E-state index < -0.39 is 34.7 Å². The van der Waals surface area contributed by atoms with E-state index in [0.717, 1.165) is 23.8 Å². The molecule has 0 radical (unpaired) electrons. The fraction of sp³-hybridized carbons (Fsp3) is 0.222. The van der Waals surface area contributed by atoms with Crippen molar-refractivity contribution in [3.8, 4) is 0 Å². The molecule has 7 heteroatoms. The van der Waals surface area contributed by atoms with Crippen LogP contribution in [-0.4, -0.2) is 23.5 Å². The van der Waals surface area contributed by atoms with Gasteiger partial charge >= 0.3 is 11.8 Å². The van der Waals surface area contributed by atoms with Gasteiger partial charge in [-0.3, -0.25) is 9.59 Å². The number of amides is 2. The van der Waals surface area contributed by atoms with Crippen LogP contribution in [0, 0.1) is 11.6 Å². The lowest BCUT2D eigenvalue weighted by molar-refractivity contribution is -0.136. The Bertz CT molecular complexity index is 841. The van der Waals surface area contributed by atoms with Crippen molar-refractivity contribution in [2.24, 2.45) is 0 Å². The van der Waals surface area contributed by atoms with Crippen LogP contribution < -0.4 is 10.6 Å². The van der Waals surface area contributed by atoms with Crippen LogP contribution >= 0.6 is 0 Å². The summed E-state index contributed by atoms with van der Waals surface area (Å²) < 4.78 is 26.6. The van der Waals surface area contributed by atoms with Crippen molar-refractivity contribution >= 4 is 17.5 Å². The molecule has 1 atom stereocenters. The first-order valence-electron chi connectivity index (χ1n) is 7.74. The molecule has 2 amide bonds. The SMILES string of the molecule is O=C(NCC1(O)CCc2ccccc21)C(=O)Nc1cc(F)ccc1F. The minimum Gasteiger partial charge on any atom is -0.383 e. The van der Waals surface area contributed by atoms with E-state index >= 15 is 0 Å². The van der Waals surface area contributed by atoms with E-state index in [0.29, 0.717) is 18.4 Å². The Morgan fingerprint density at radius 3 is 2.68 bits per heavy atom. The minimum absolute atomic E-state index is 0.151. The van der Waals surface area contributed by atoms with E-state index in [1.165, 1.54) is 0 Å². The Labute approximate surface area is 142 Å². The number of aliphatic hydroxyl groups is 1. The van der Waals surface area contributed by atoms with E-state index in [2.05, 4.69) is 5.32 Å². The molecule has 0 fully saturated rings. The van der Waals surface area contributed by atoms with Crippen LogP contribution in [0.4, 0.5) is 14.5 Å². The lowest BCUT2D eigenvalue weighted by Crippen LogP contribution is -2.43.